The Morgan fingerprint density at radius 1 is 1.21 bits per heavy atom. The van der Waals surface area contributed by atoms with Gasteiger partial charge in [0.2, 0.25) is 0 Å². The number of hydrogen-bond acceptors (Lipinski definition) is 4. The molecule has 1 amide bonds. The first kappa shape index (κ1) is 11.2. The number of rotatable bonds is 2. The number of aromatic hydroxyl groups is 1. The average molecular weight is 254 g/mol. The number of carbonyl (C=O) groups excluding carboxylic acids is 1. The van der Waals surface area contributed by atoms with Crippen LogP contribution in [0.1, 0.15) is 10.5 Å². The molecule has 0 spiro atoms. The molecule has 3 aromatic rings. The highest BCUT2D eigenvalue weighted by Gasteiger charge is 2.10. The lowest BCUT2D eigenvalue weighted by Crippen LogP contribution is -2.13. The van der Waals surface area contributed by atoms with Crippen molar-refractivity contribution >= 4 is 22.6 Å². The number of nitrogens with one attached hydrogen (secondary N) is 2. The van der Waals surface area contributed by atoms with E-state index >= 15 is 0 Å². The SMILES string of the molecule is O=C(Nc1ccn[nH]1)c1ccc2cccc(O)c2n1. The number of para-hydroxylation sites is 1. The molecule has 0 bridgehead atoms. The molecule has 0 saturated heterocycles. The molecule has 0 radical (unpaired) electrons. The summed E-state index contributed by atoms with van der Waals surface area (Å²) in [6.07, 6.45) is 1.54. The van der Waals surface area contributed by atoms with E-state index < -0.39 is 0 Å². The normalized spacial score (nSPS) is 10.5. The van der Waals surface area contributed by atoms with Crippen molar-refractivity contribution < 1.29 is 9.90 Å². The average Bonchev–Trinajstić information content (AvgIpc) is 2.92. The fraction of sp³-hybridized carbons (Fsp3) is 0. The van der Waals surface area contributed by atoms with Crippen LogP contribution in [0.5, 0.6) is 5.75 Å². The number of pyridine rings is 1. The van der Waals surface area contributed by atoms with Gasteiger partial charge in [0.1, 0.15) is 22.8 Å². The van der Waals surface area contributed by atoms with Gasteiger partial charge in [-0.1, -0.05) is 18.2 Å². The number of nitrogens with zero attached hydrogens (tertiary/aromatic N) is 2. The lowest BCUT2D eigenvalue weighted by Gasteiger charge is -2.04. The third kappa shape index (κ3) is 2.11. The molecule has 3 N–H and O–H groups in total. The first-order valence-corrected chi connectivity index (χ1v) is 5.63. The standard InChI is InChI=1S/C13H10N4O2/c18-10-3-1-2-8-4-5-9(15-12(8)10)13(19)16-11-6-7-14-17-11/h1-7,18H,(H2,14,16,17,19). The lowest BCUT2D eigenvalue weighted by atomic mass is 10.2. The van der Waals surface area contributed by atoms with Gasteiger partial charge in [0.15, 0.2) is 0 Å². The van der Waals surface area contributed by atoms with E-state index in [0.717, 1.165) is 5.39 Å². The number of phenolic OH excluding ortho intramolecular Hbond substituents is 1. The lowest BCUT2D eigenvalue weighted by molar-refractivity contribution is 0.102. The summed E-state index contributed by atoms with van der Waals surface area (Å²) in [6.45, 7) is 0. The van der Waals surface area contributed by atoms with Gasteiger partial charge >= 0.3 is 0 Å². The fourth-order valence-corrected chi connectivity index (χ4v) is 1.77. The minimum absolute atomic E-state index is 0.0497. The molecular weight excluding hydrogens is 244 g/mol. The van der Waals surface area contributed by atoms with Gasteiger partial charge in [-0.2, -0.15) is 5.10 Å². The summed E-state index contributed by atoms with van der Waals surface area (Å²) in [5, 5.41) is 19.5. The highest BCUT2D eigenvalue weighted by molar-refractivity contribution is 6.03. The maximum Gasteiger partial charge on any atom is 0.275 e. The monoisotopic (exact) mass is 254 g/mol. The van der Waals surface area contributed by atoms with Crippen LogP contribution < -0.4 is 5.32 Å². The van der Waals surface area contributed by atoms with Gasteiger partial charge in [-0.05, 0) is 12.1 Å². The quantitative estimate of drug-likeness (QED) is 0.651. The van der Waals surface area contributed by atoms with E-state index in [4.69, 9.17) is 0 Å². The van der Waals surface area contributed by atoms with Crippen molar-refractivity contribution in [1.29, 1.82) is 0 Å². The van der Waals surface area contributed by atoms with Crippen LogP contribution in [0.2, 0.25) is 0 Å². The van der Waals surface area contributed by atoms with Crippen LogP contribution in [-0.4, -0.2) is 26.2 Å². The minimum atomic E-state index is -0.366. The summed E-state index contributed by atoms with van der Waals surface area (Å²) in [6, 6.07) is 10.1. The Hall–Kier alpha value is -2.89. The number of amides is 1. The Morgan fingerprint density at radius 2 is 2.11 bits per heavy atom. The number of aromatic amines is 1. The minimum Gasteiger partial charge on any atom is -0.506 e. The second-order valence-electron chi connectivity index (χ2n) is 3.97. The number of aromatic nitrogens is 3. The Balaban J connectivity index is 1.97. The molecule has 0 fully saturated rings. The molecule has 94 valence electrons. The van der Waals surface area contributed by atoms with E-state index in [1.165, 1.54) is 12.3 Å². The Bertz CT molecular complexity index is 737. The first-order chi connectivity index (χ1) is 9.24. The molecule has 0 aliphatic carbocycles. The Kier molecular flexibility index (Phi) is 2.60. The van der Waals surface area contributed by atoms with E-state index in [0.29, 0.717) is 11.3 Å². The van der Waals surface area contributed by atoms with Gasteiger partial charge in [-0.15, -0.1) is 0 Å². The fourth-order valence-electron chi connectivity index (χ4n) is 1.77. The number of hydrogen-bond donors (Lipinski definition) is 3. The van der Waals surface area contributed by atoms with Crippen molar-refractivity contribution in [3.8, 4) is 5.75 Å². The van der Waals surface area contributed by atoms with Crippen molar-refractivity contribution in [2.45, 2.75) is 0 Å². The first-order valence-electron chi connectivity index (χ1n) is 5.63. The number of fused-ring (bicyclic) bond motifs is 1. The van der Waals surface area contributed by atoms with Crippen molar-refractivity contribution in [3.63, 3.8) is 0 Å². The van der Waals surface area contributed by atoms with Gasteiger partial charge < -0.3 is 10.4 Å². The van der Waals surface area contributed by atoms with E-state index in [2.05, 4.69) is 20.5 Å². The van der Waals surface area contributed by atoms with Gasteiger partial charge in [0, 0.05) is 11.5 Å². The molecule has 0 atom stereocenters. The molecule has 19 heavy (non-hydrogen) atoms. The number of carbonyl (C=O) groups is 1. The number of benzene rings is 1. The zero-order chi connectivity index (χ0) is 13.2. The zero-order valence-electron chi connectivity index (χ0n) is 9.79. The summed E-state index contributed by atoms with van der Waals surface area (Å²) in [7, 11) is 0. The van der Waals surface area contributed by atoms with Gasteiger partial charge in [-0.3, -0.25) is 9.89 Å². The molecule has 2 aromatic heterocycles. The van der Waals surface area contributed by atoms with E-state index in [1.54, 1.807) is 24.3 Å². The van der Waals surface area contributed by atoms with Crippen molar-refractivity contribution in [1.82, 2.24) is 15.2 Å². The Labute approximate surface area is 108 Å². The van der Waals surface area contributed by atoms with Crippen LogP contribution >= 0.6 is 0 Å². The molecule has 0 aliphatic heterocycles. The number of H-pyrrole nitrogens is 1. The molecule has 0 unspecified atom stereocenters. The summed E-state index contributed by atoms with van der Waals surface area (Å²) < 4.78 is 0. The molecule has 6 nitrogen and oxygen atoms in total. The molecule has 3 rings (SSSR count). The summed E-state index contributed by atoms with van der Waals surface area (Å²) in [5.74, 6) is 0.173. The van der Waals surface area contributed by atoms with Gasteiger partial charge in [0.25, 0.3) is 5.91 Å². The van der Waals surface area contributed by atoms with Crippen LogP contribution in [0, 0.1) is 0 Å². The third-order valence-electron chi connectivity index (χ3n) is 2.68. The van der Waals surface area contributed by atoms with Crippen molar-refractivity contribution in [3.05, 3.63) is 48.3 Å². The smallest absolute Gasteiger partial charge is 0.275 e. The highest BCUT2D eigenvalue weighted by Crippen LogP contribution is 2.22. The summed E-state index contributed by atoms with van der Waals surface area (Å²) in [5.41, 5.74) is 0.628. The van der Waals surface area contributed by atoms with Crippen LogP contribution in [-0.2, 0) is 0 Å². The number of phenols is 1. The largest absolute Gasteiger partial charge is 0.506 e. The third-order valence-corrected chi connectivity index (χ3v) is 2.68. The van der Waals surface area contributed by atoms with Gasteiger partial charge in [0.05, 0.1) is 6.20 Å². The second-order valence-corrected chi connectivity index (χ2v) is 3.97. The van der Waals surface area contributed by atoms with E-state index in [-0.39, 0.29) is 17.4 Å². The highest BCUT2D eigenvalue weighted by atomic mass is 16.3. The van der Waals surface area contributed by atoms with Gasteiger partial charge in [-0.25, -0.2) is 4.98 Å². The maximum absolute atomic E-state index is 12.0. The maximum atomic E-state index is 12.0. The molecule has 0 saturated carbocycles. The van der Waals surface area contributed by atoms with Crippen molar-refractivity contribution in [2.24, 2.45) is 0 Å². The zero-order valence-corrected chi connectivity index (χ0v) is 9.79. The molecule has 0 aliphatic rings. The summed E-state index contributed by atoms with van der Waals surface area (Å²) >= 11 is 0. The number of anilines is 1. The molecule has 1 aromatic carbocycles. The van der Waals surface area contributed by atoms with Crippen LogP contribution in [0.25, 0.3) is 10.9 Å². The second kappa shape index (κ2) is 4.41. The van der Waals surface area contributed by atoms with Crippen molar-refractivity contribution in [2.75, 3.05) is 5.32 Å². The van der Waals surface area contributed by atoms with Crippen LogP contribution in [0.15, 0.2) is 42.6 Å². The predicted octanol–water partition coefficient (Wildman–Crippen LogP) is 1.92. The molecule has 6 heteroatoms. The molecular formula is C13H10N4O2. The van der Waals surface area contributed by atoms with E-state index in [1.807, 2.05) is 6.07 Å². The van der Waals surface area contributed by atoms with Crippen LogP contribution in [0.3, 0.4) is 0 Å². The predicted molar refractivity (Wildman–Crippen MR) is 69.9 cm³/mol. The Morgan fingerprint density at radius 3 is 2.89 bits per heavy atom. The topological polar surface area (TPSA) is 90.9 Å². The van der Waals surface area contributed by atoms with E-state index in [9.17, 15) is 9.90 Å². The summed E-state index contributed by atoms with van der Waals surface area (Å²) in [4.78, 5) is 16.1. The molecule has 2 heterocycles. The van der Waals surface area contributed by atoms with Crippen LogP contribution in [0.4, 0.5) is 5.82 Å².